The fourth-order valence-corrected chi connectivity index (χ4v) is 2.44. The van der Waals surface area contributed by atoms with Crippen LogP contribution in [0.3, 0.4) is 0 Å². The molecule has 0 N–H and O–H groups in total. The molecule has 0 nitrogen and oxygen atoms in total. The lowest BCUT2D eigenvalue weighted by atomic mass is 9.84. The van der Waals surface area contributed by atoms with Crippen LogP contribution >= 0.6 is 0 Å². The van der Waals surface area contributed by atoms with E-state index in [1.54, 1.807) is 0 Å². The van der Waals surface area contributed by atoms with Crippen LogP contribution in [0.25, 0.3) is 0 Å². The molecule has 0 atom stereocenters. The predicted octanol–water partition coefficient (Wildman–Crippen LogP) is 5.51. The Bertz CT molecular complexity index is 549. The van der Waals surface area contributed by atoms with Crippen molar-refractivity contribution in [2.24, 2.45) is 0 Å². The van der Waals surface area contributed by atoms with Crippen molar-refractivity contribution in [3.63, 3.8) is 0 Å². The molecule has 0 unspecified atom stereocenters. The van der Waals surface area contributed by atoms with Crippen LogP contribution in [-0.2, 0) is 0 Å². The standard InChI is InChI=1S/C20H20/c1-3-11-17(12-4-2)20(18-13-7-5-8-14-18)19-15-9-6-10-16-19/h3-16,20H,1H2,2H3/b12-4-,17-11+. The maximum atomic E-state index is 3.84. The molecule has 0 saturated carbocycles. The molecule has 0 bridgehead atoms. The molecule has 2 aromatic carbocycles. The monoisotopic (exact) mass is 260 g/mol. The molecule has 0 heterocycles. The third-order valence-electron chi connectivity index (χ3n) is 3.27. The molecule has 0 radical (unpaired) electrons. The molecule has 100 valence electrons. The van der Waals surface area contributed by atoms with E-state index in [9.17, 15) is 0 Å². The summed E-state index contributed by atoms with van der Waals surface area (Å²) in [7, 11) is 0. The molecule has 2 aromatic rings. The van der Waals surface area contributed by atoms with E-state index in [4.69, 9.17) is 0 Å². The minimum absolute atomic E-state index is 0.242. The average molecular weight is 260 g/mol. The maximum Gasteiger partial charge on any atom is 0.0339 e. The van der Waals surface area contributed by atoms with E-state index in [1.165, 1.54) is 16.7 Å². The Balaban J connectivity index is 2.55. The van der Waals surface area contributed by atoms with Crippen molar-refractivity contribution < 1.29 is 0 Å². The van der Waals surface area contributed by atoms with Crippen LogP contribution in [0.5, 0.6) is 0 Å². The first-order chi connectivity index (χ1) is 9.86. The van der Waals surface area contributed by atoms with Gasteiger partial charge in [-0.3, -0.25) is 0 Å². The van der Waals surface area contributed by atoms with Gasteiger partial charge < -0.3 is 0 Å². The Morgan fingerprint density at radius 2 is 1.40 bits per heavy atom. The highest BCUT2D eigenvalue weighted by atomic mass is 14.2. The van der Waals surface area contributed by atoms with Gasteiger partial charge in [-0.2, -0.15) is 0 Å². The van der Waals surface area contributed by atoms with Crippen molar-refractivity contribution >= 4 is 0 Å². The smallest absolute Gasteiger partial charge is 0.0339 e. The average Bonchev–Trinajstić information content (AvgIpc) is 2.50. The van der Waals surface area contributed by atoms with Gasteiger partial charge in [0.1, 0.15) is 0 Å². The molecule has 0 fully saturated rings. The van der Waals surface area contributed by atoms with Gasteiger partial charge in [0.2, 0.25) is 0 Å². The van der Waals surface area contributed by atoms with Gasteiger partial charge in [0.25, 0.3) is 0 Å². The van der Waals surface area contributed by atoms with Gasteiger partial charge in [0, 0.05) is 5.92 Å². The van der Waals surface area contributed by atoms with Crippen molar-refractivity contribution in [3.05, 3.63) is 108 Å². The summed E-state index contributed by atoms with van der Waals surface area (Å²) in [6, 6.07) is 21.2. The molecule has 0 aliphatic carbocycles. The Hall–Kier alpha value is -2.34. The lowest BCUT2D eigenvalue weighted by molar-refractivity contribution is 0.976. The molecule has 0 amide bonds. The maximum absolute atomic E-state index is 3.84. The van der Waals surface area contributed by atoms with E-state index < -0.39 is 0 Å². The molecule has 0 heteroatoms. The summed E-state index contributed by atoms with van der Waals surface area (Å²) >= 11 is 0. The summed E-state index contributed by atoms with van der Waals surface area (Å²) < 4.78 is 0. The molecule has 0 aromatic heterocycles. The zero-order valence-corrected chi connectivity index (χ0v) is 11.9. The molecule has 0 spiro atoms. The topological polar surface area (TPSA) is 0 Å². The van der Waals surface area contributed by atoms with Crippen LogP contribution in [0, 0.1) is 0 Å². The van der Waals surface area contributed by atoms with Gasteiger partial charge >= 0.3 is 0 Å². The summed E-state index contributed by atoms with van der Waals surface area (Å²) in [5.74, 6) is 0.242. The summed E-state index contributed by atoms with van der Waals surface area (Å²) in [6.07, 6.45) is 8.18. The number of hydrogen-bond acceptors (Lipinski definition) is 0. The minimum Gasteiger partial charge on any atom is -0.0991 e. The molecule has 2 rings (SSSR count). The normalized spacial score (nSPS) is 12.0. The zero-order valence-electron chi connectivity index (χ0n) is 11.9. The molecule has 0 aliphatic heterocycles. The van der Waals surface area contributed by atoms with Crippen molar-refractivity contribution in [1.29, 1.82) is 0 Å². The number of allylic oxidation sites excluding steroid dienone is 5. The fourth-order valence-electron chi connectivity index (χ4n) is 2.44. The van der Waals surface area contributed by atoms with Crippen molar-refractivity contribution in [1.82, 2.24) is 0 Å². The number of rotatable bonds is 5. The molecule has 20 heavy (non-hydrogen) atoms. The van der Waals surface area contributed by atoms with Crippen LogP contribution in [0.2, 0.25) is 0 Å². The molecule has 0 saturated heterocycles. The Morgan fingerprint density at radius 1 is 0.900 bits per heavy atom. The van der Waals surface area contributed by atoms with Gasteiger partial charge in [-0.1, -0.05) is 91.5 Å². The highest BCUT2D eigenvalue weighted by Crippen LogP contribution is 2.32. The third kappa shape index (κ3) is 3.36. The highest BCUT2D eigenvalue weighted by molar-refractivity contribution is 5.45. The van der Waals surface area contributed by atoms with Crippen LogP contribution < -0.4 is 0 Å². The van der Waals surface area contributed by atoms with Gasteiger partial charge in [0.05, 0.1) is 0 Å². The van der Waals surface area contributed by atoms with Crippen LogP contribution in [0.1, 0.15) is 24.0 Å². The van der Waals surface area contributed by atoms with E-state index in [0.717, 1.165) is 0 Å². The lowest BCUT2D eigenvalue weighted by Crippen LogP contribution is -2.03. The van der Waals surface area contributed by atoms with Crippen molar-refractivity contribution in [3.8, 4) is 0 Å². The van der Waals surface area contributed by atoms with Crippen molar-refractivity contribution in [2.75, 3.05) is 0 Å². The quantitative estimate of drug-likeness (QED) is 0.622. The summed E-state index contributed by atoms with van der Waals surface area (Å²) in [6.45, 7) is 5.89. The largest absolute Gasteiger partial charge is 0.0991 e. The Labute approximate surface area is 121 Å². The lowest BCUT2D eigenvalue weighted by Gasteiger charge is -2.19. The predicted molar refractivity (Wildman–Crippen MR) is 87.8 cm³/mol. The number of hydrogen-bond donors (Lipinski definition) is 0. The van der Waals surface area contributed by atoms with E-state index in [0.29, 0.717) is 0 Å². The zero-order chi connectivity index (χ0) is 14.2. The minimum atomic E-state index is 0.242. The fraction of sp³-hybridized carbons (Fsp3) is 0.100. The summed E-state index contributed by atoms with van der Waals surface area (Å²) in [5.41, 5.74) is 3.84. The SMILES string of the molecule is C=C/C=C(\C=C/C)C(c1ccccc1)c1ccccc1. The van der Waals surface area contributed by atoms with Crippen LogP contribution in [-0.4, -0.2) is 0 Å². The van der Waals surface area contributed by atoms with E-state index in [1.807, 2.05) is 13.0 Å². The number of benzene rings is 2. The van der Waals surface area contributed by atoms with Crippen LogP contribution in [0.4, 0.5) is 0 Å². The molecule has 0 aliphatic rings. The second-order valence-corrected chi connectivity index (χ2v) is 4.66. The molecular weight excluding hydrogens is 240 g/mol. The first kappa shape index (κ1) is 14.1. The Kier molecular flexibility index (Phi) is 5.14. The van der Waals surface area contributed by atoms with E-state index in [2.05, 4.69) is 85.5 Å². The highest BCUT2D eigenvalue weighted by Gasteiger charge is 2.16. The summed E-state index contributed by atoms with van der Waals surface area (Å²) in [5, 5.41) is 0. The second kappa shape index (κ2) is 7.30. The van der Waals surface area contributed by atoms with E-state index in [-0.39, 0.29) is 5.92 Å². The third-order valence-corrected chi connectivity index (χ3v) is 3.27. The van der Waals surface area contributed by atoms with Crippen LogP contribution in [0.15, 0.2) is 97.1 Å². The van der Waals surface area contributed by atoms with Gasteiger partial charge in [0.15, 0.2) is 0 Å². The Morgan fingerprint density at radius 3 is 1.80 bits per heavy atom. The first-order valence-corrected chi connectivity index (χ1v) is 6.92. The van der Waals surface area contributed by atoms with Gasteiger partial charge in [-0.05, 0) is 23.6 Å². The second-order valence-electron chi connectivity index (χ2n) is 4.66. The summed E-state index contributed by atoms with van der Waals surface area (Å²) in [4.78, 5) is 0. The van der Waals surface area contributed by atoms with Crippen molar-refractivity contribution in [2.45, 2.75) is 12.8 Å². The molecular formula is C20H20. The van der Waals surface area contributed by atoms with E-state index >= 15 is 0 Å². The van der Waals surface area contributed by atoms with Gasteiger partial charge in [-0.25, -0.2) is 0 Å². The first-order valence-electron chi connectivity index (χ1n) is 6.92. The van der Waals surface area contributed by atoms with Gasteiger partial charge in [-0.15, -0.1) is 0 Å².